The van der Waals surface area contributed by atoms with Crippen molar-refractivity contribution < 1.29 is 4.79 Å². The van der Waals surface area contributed by atoms with Gasteiger partial charge < -0.3 is 10.6 Å². The number of hydrogen-bond donors (Lipinski definition) is 1. The third-order valence-corrected chi connectivity index (χ3v) is 2.66. The van der Waals surface area contributed by atoms with Crippen LogP contribution in [0.25, 0.3) is 0 Å². The van der Waals surface area contributed by atoms with E-state index in [1.807, 2.05) is 0 Å². The molecule has 0 rings (SSSR count). The molecule has 0 aromatic heterocycles. The molecular weight excluding hydrogens is 222 g/mol. The number of unbranched alkanes of at least 4 members (excludes halogenated alkanes) is 1. The number of amides is 1. The lowest BCUT2D eigenvalue weighted by Gasteiger charge is -2.21. The van der Waals surface area contributed by atoms with Crippen molar-refractivity contribution in [1.82, 2.24) is 9.80 Å². The second kappa shape index (κ2) is 8.47. The minimum absolute atomic E-state index is 0.149. The molecule has 0 fully saturated rings. The van der Waals surface area contributed by atoms with Crippen LogP contribution in [-0.4, -0.2) is 54.4 Å². The van der Waals surface area contributed by atoms with Gasteiger partial charge in [0.15, 0.2) is 0 Å². The summed E-state index contributed by atoms with van der Waals surface area (Å²) in [5, 5.41) is 0. The fourth-order valence-electron chi connectivity index (χ4n) is 1.32. The predicted octanol–water partition coefficient (Wildman–Crippen LogP) is 0.853. The van der Waals surface area contributed by atoms with Gasteiger partial charge in [-0.05, 0) is 32.4 Å². The fourth-order valence-corrected chi connectivity index (χ4v) is 1.46. The normalized spacial score (nSPS) is 10.5. The Labute approximate surface area is 104 Å². The molecule has 0 bridgehead atoms. The molecule has 0 aliphatic carbocycles. The van der Waals surface area contributed by atoms with Crippen LogP contribution in [0.1, 0.15) is 26.2 Å². The predicted molar refractivity (Wildman–Crippen MR) is 71.4 cm³/mol. The van der Waals surface area contributed by atoms with Crippen molar-refractivity contribution >= 4 is 23.1 Å². The Bertz CT molecular complexity index is 231. The van der Waals surface area contributed by atoms with E-state index in [2.05, 4.69) is 11.8 Å². The van der Waals surface area contributed by atoms with Crippen molar-refractivity contribution in [3.8, 4) is 0 Å². The van der Waals surface area contributed by atoms with Crippen LogP contribution in [0.15, 0.2) is 0 Å². The van der Waals surface area contributed by atoms with Crippen molar-refractivity contribution in [2.24, 2.45) is 5.73 Å². The SMILES string of the molecule is CCN(CCCCC(N)=S)CC(=O)N(C)C. The maximum atomic E-state index is 11.5. The summed E-state index contributed by atoms with van der Waals surface area (Å²) < 4.78 is 0. The monoisotopic (exact) mass is 245 g/mol. The highest BCUT2D eigenvalue weighted by Crippen LogP contribution is 1.99. The Balaban J connectivity index is 3.75. The maximum absolute atomic E-state index is 11.5. The van der Waals surface area contributed by atoms with Crippen molar-refractivity contribution in [1.29, 1.82) is 0 Å². The van der Waals surface area contributed by atoms with Crippen LogP contribution in [0.5, 0.6) is 0 Å². The first-order valence-corrected chi connectivity index (χ1v) is 6.09. The Morgan fingerprint density at radius 2 is 1.94 bits per heavy atom. The topological polar surface area (TPSA) is 49.6 Å². The van der Waals surface area contributed by atoms with E-state index >= 15 is 0 Å². The number of nitrogens with zero attached hydrogens (tertiary/aromatic N) is 2. The first-order valence-electron chi connectivity index (χ1n) is 5.68. The summed E-state index contributed by atoms with van der Waals surface area (Å²) in [4.78, 5) is 15.8. The van der Waals surface area contributed by atoms with Gasteiger partial charge >= 0.3 is 0 Å². The number of carbonyl (C=O) groups is 1. The molecule has 0 aliphatic heterocycles. The molecular formula is C11H23N3OS. The Morgan fingerprint density at radius 1 is 1.31 bits per heavy atom. The van der Waals surface area contributed by atoms with E-state index in [-0.39, 0.29) is 5.91 Å². The molecule has 16 heavy (non-hydrogen) atoms. The second-order valence-corrected chi connectivity index (χ2v) is 4.60. The first-order chi connectivity index (χ1) is 7.47. The fraction of sp³-hybridized carbons (Fsp3) is 0.818. The summed E-state index contributed by atoms with van der Waals surface area (Å²) in [6.45, 7) is 4.39. The van der Waals surface area contributed by atoms with Gasteiger partial charge in [-0.2, -0.15) is 0 Å². The zero-order chi connectivity index (χ0) is 12.6. The molecule has 0 heterocycles. The molecule has 0 radical (unpaired) electrons. The number of nitrogens with two attached hydrogens (primary N) is 1. The Morgan fingerprint density at radius 3 is 2.38 bits per heavy atom. The van der Waals surface area contributed by atoms with Gasteiger partial charge in [0, 0.05) is 14.1 Å². The van der Waals surface area contributed by atoms with E-state index in [1.54, 1.807) is 19.0 Å². The summed E-state index contributed by atoms with van der Waals surface area (Å²) in [6.07, 6.45) is 2.84. The zero-order valence-corrected chi connectivity index (χ0v) is 11.3. The largest absolute Gasteiger partial charge is 0.393 e. The van der Waals surface area contributed by atoms with E-state index in [0.717, 1.165) is 32.4 Å². The average molecular weight is 245 g/mol. The molecule has 2 N–H and O–H groups in total. The van der Waals surface area contributed by atoms with Crippen molar-refractivity contribution in [2.45, 2.75) is 26.2 Å². The van der Waals surface area contributed by atoms with Crippen molar-refractivity contribution in [2.75, 3.05) is 33.7 Å². The molecule has 0 unspecified atom stereocenters. The van der Waals surface area contributed by atoms with Crippen LogP contribution >= 0.6 is 12.2 Å². The zero-order valence-electron chi connectivity index (χ0n) is 10.5. The summed E-state index contributed by atoms with van der Waals surface area (Å²) >= 11 is 4.81. The summed E-state index contributed by atoms with van der Waals surface area (Å²) in [5.41, 5.74) is 5.42. The van der Waals surface area contributed by atoms with Crippen molar-refractivity contribution in [3.63, 3.8) is 0 Å². The first kappa shape index (κ1) is 15.3. The lowest BCUT2D eigenvalue weighted by molar-refractivity contribution is -0.129. The molecule has 5 heteroatoms. The summed E-state index contributed by atoms with van der Waals surface area (Å²) in [5.74, 6) is 0.149. The molecule has 0 aromatic carbocycles. The lowest BCUT2D eigenvalue weighted by Crippen LogP contribution is -2.37. The summed E-state index contributed by atoms with van der Waals surface area (Å²) in [7, 11) is 3.56. The highest BCUT2D eigenvalue weighted by Gasteiger charge is 2.09. The van der Waals surface area contributed by atoms with Gasteiger partial charge in [0.2, 0.25) is 5.91 Å². The standard InChI is InChI=1S/C11H23N3OS/c1-4-14(9-11(15)13(2)3)8-6-5-7-10(12)16/h4-9H2,1-3H3,(H2,12,16). The molecule has 1 amide bonds. The number of likely N-dealkylation sites (N-methyl/N-ethyl adjacent to an activating group) is 2. The van der Waals surface area contributed by atoms with Gasteiger partial charge in [0.1, 0.15) is 0 Å². The molecule has 0 aromatic rings. The van der Waals surface area contributed by atoms with Gasteiger partial charge in [0.05, 0.1) is 11.5 Å². The van der Waals surface area contributed by atoms with Gasteiger partial charge in [0.25, 0.3) is 0 Å². The molecule has 94 valence electrons. The number of thiocarbonyl (C=S) groups is 1. The summed E-state index contributed by atoms with van der Waals surface area (Å²) in [6, 6.07) is 0. The van der Waals surface area contributed by atoms with Gasteiger partial charge in [-0.3, -0.25) is 9.69 Å². The van der Waals surface area contributed by atoms with Crippen LogP contribution in [0.4, 0.5) is 0 Å². The number of carbonyl (C=O) groups excluding carboxylic acids is 1. The Kier molecular flexibility index (Phi) is 8.11. The second-order valence-electron chi connectivity index (χ2n) is 4.08. The molecule has 4 nitrogen and oxygen atoms in total. The van der Waals surface area contributed by atoms with Gasteiger partial charge in [-0.1, -0.05) is 19.1 Å². The molecule has 0 atom stereocenters. The van der Waals surface area contributed by atoms with E-state index in [0.29, 0.717) is 11.5 Å². The average Bonchev–Trinajstić information content (AvgIpc) is 2.21. The quantitative estimate of drug-likeness (QED) is 0.509. The van der Waals surface area contributed by atoms with Gasteiger partial charge in [-0.15, -0.1) is 0 Å². The van der Waals surface area contributed by atoms with E-state index in [4.69, 9.17) is 18.0 Å². The molecule has 0 saturated heterocycles. The number of rotatable bonds is 8. The number of hydrogen-bond acceptors (Lipinski definition) is 3. The highest BCUT2D eigenvalue weighted by molar-refractivity contribution is 7.80. The molecule has 0 spiro atoms. The minimum Gasteiger partial charge on any atom is -0.393 e. The van der Waals surface area contributed by atoms with E-state index < -0.39 is 0 Å². The van der Waals surface area contributed by atoms with E-state index in [9.17, 15) is 4.79 Å². The minimum atomic E-state index is 0.149. The third kappa shape index (κ3) is 7.59. The molecule has 0 saturated carbocycles. The third-order valence-electron chi connectivity index (χ3n) is 2.45. The lowest BCUT2D eigenvalue weighted by atomic mass is 10.2. The van der Waals surface area contributed by atoms with Crippen molar-refractivity contribution in [3.05, 3.63) is 0 Å². The van der Waals surface area contributed by atoms with Crippen LogP contribution < -0.4 is 5.73 Å². The smallest absolute Gasteiger partial charge is 0.236 e. The van der Waals surface area contributed by atoms with E-state index in [1.165, 1.54) is 0 Å². The molecule has 0 aliphatic rings. The van der Waals surface area contributed by atoms with Crippen LogP contribution in [-0.2, 0) is 4.79 Å². The van der Waals surface area contributed by atoms with Crippen LogP contribution in [0.3, 0.4) is 0 Å². The maximum Gasteiger partial charge on any atom is 0.236 e. The Hall–Kier alpha value is -0.680. The highest BCUT2D eigenvalue weighted by atomic mass is 32.1. The van der Waals surface area contributed by atoms with Gasteiger partial charge in [-0.25, -0.2) is 0 Å². The van der Waals surface area contributed by atoms with Crippen LogP contribution in [0, 0.1) is 0 Å². The van der Waals surface area contributed by atoms with Crippen LogP contribution in [0.2, 0.25) is 0 Å².